The quantitative estimate of drug-likeness (QED) is 0.772. The molecule has 0 fully saturated rings. The second-order valence-corrected chi connectivity index (χ2v) is 5.71. The first-order chi connectivity index (χ1) is 9.59. The lowest BCUT2D eigenvalue weighted by Crippen LogP contribution is -2.29. The third-order valence-electron chi connectivity index (χ3n) is 3.24. The second-order valence-electron chi connectivity index (χ2n) is 4.45. The molecule has 0 bridgehead atoms. The normalized spacial score (nSPS) is 13.8. The molecule has 0 aromatic heterocycles. The Kier molecular flexibility index (Phi) is 3.36. The summed E-state index contributed by atoms with van der Waals surface area (Å²) in [6, 6.07) is 12.7. The van der Waals surface area contributed by atoms with Gasteiger partial charge in [0.05, 0.1) is 22.8 Å². The summed E-state index contributed by atoms with van der Waals surface area (Å²) >= 11 is 9.46. The number of fused-ring (bicyclic) bond motifs is 1. The van der Waals surface area contributed by atoms with Crippen LogP contribution in [0.25, 0.3) is 0 Å². The third kappa shape index (κ3) is 2.05. The SMILES string of the molecule is O=C1C(=O)N(Cc2ccccc2Br)c2cccc(Cl)c21. The monoisotopic (exact) mass is 349 g/mol. The van der Waals surface area contributed by atoms with Crippen LogP contribution in [-0.4, -0.2) is 11.7 Å². The number of carbonyl (C=O) groups is 2. The molecule has 0 aliphatic carbocycles. The van der Waals surface area contributed by atoms with E-state index >= 15 is 0 Å². The first kappa shape index (κ1) is 13.3. The Morgan fingerprint density at radius 1 is 1.05 bits per heavy atom. The lowest BCUT2D eigenvalue weighted by molar-refractivity contribution is -0.114. The molecule has 3 nitrogen and oxygen atoms in total. The zero-order valence-corrected chi connectivity index (χ0v) is 12.6. The highest BCUT2D eigenvalue weighted by Crippen LogP contribution is 2.35. The van der Waals surface area contributed by atoms with Gasteiger partial charge in [-0.3, -0.25) is 9.59 Å². The summed E-state index contributed by atoms with van der Waals surface area (Å²) in [5, 5.41) is 0.315. The van der Waals surface area contributed by atoms with Crippen molar-refractivity contribution in [2.45, 2.75) is 6.54 Å². The predicted octanol–water partition coefficient (Wildman–Crippen LogP) is 3.83. The third-order valence-corrected chi connectivity index (χ3v) is 4.32. The molecule has 1 aliphatic heterocycles. The van der Waals surface area contributed by atoms with Crippen LogP contribution in [-0.2, 0) is 11.3 Å². The van der Waals surface area contributed by atoms with Gasteiger partial charge in [0.2, 0.25) is 0 Å². The van der Waals surface area contributed by atoms with E-state index in [4.69, 9.17) is 11.6 Å². The highest BCUT2D eigenvalue weighted by Gasteiger charge is 2.37. The molecule has 100 valence electrons. The average Bonchev–Trinajstić information content (AvgIpc) is 2.67. The fourth-order valence-corrected chi connectivity index (χ4v) is 2.92. The van der Waals surface area contributed by atoms with Crippen LogP contribution >= 0.6 is 27.5 Å². The van der Waals surface area contributed by atoms with Crippen molar-refractivity contribution in [3.8, 4) is 0 Å². The highest BCUT2D eigenvalue weighted by atomic mass is 79.9. The lowest BCUT2D eigenvalue weighted by Gasteiger charge is -2.17. The molecule has 0 saturated carbocycles. The minimum Gasteiger partial charge on any atom is -0.300 e. The first-order valence-electron chi connectivity index (χ1n) is 5.97. The van der Waals surface area contributed by atoms with Gasteiger partial charge in [0, 0.05) is 4.47 Å². The molecule has 1 aliphatic rings. The van der Waals surface area contributed by atoms with Gasteiger partial charge in [0.25, 0.3) is 11.7 Å². The van der Waals surface area contributed by atoms with Gasteiger partial charge >= 0.3 is 0 Å². The van der Waals surface area contributed by atoms with Crippen LogP contribution in [0.3, 0.4) is 0 Å². The molecular weight excluding hydrogens is 342 g/mol. The van der Waals surface area contributed by atoms with Crippen LogP contribution in [0.2, 0.25) is 5.02 Å². The summed E-state index contributed by atoms with van der Waals surface area (Å²) in [7, 11) is 0. The summed E-state index contributed by atoms with van der Waals surface area (Å²) in [5.41, 5.74) is 1.80. The Morgan fingerprint density at radius 2 is 1.80 bits per heavy atom. The van der Waals surface area contributed by atoms with Crippen LogP contribution < -0.4 is 4.90 Å². The Labute approximate surface area is 129 Å². The van der Waals surface area contributed by atoms with E-state index in [0.717, 1.165) is 10.0 Å². The molecule has 1 heterocycles. The molecule has 0 radical (unpaired) electrons. The Morgan fingerprint density at radius 3 is 2.55 bits per heavy atom. The van der Waals surface area contributed by atoms with Crippen LogP contribution in [0.5, 0.6) is 0 Å². The van der Waals surface area contributed by atoms with E-state index in [1.807, 2.05) is 24.3 Å². The molecule has 3 rings (SSSR count). The van der Waals surface area contributed by atoms with Gasteiger partial charge in [-0.25, -0.2) is 0 Å². The van der Waals surface area contributed by atoms with E-state index in [2.05, 4.69) is 15.9 Å². The van der Waals surface area contributed by atoms with E-state index in [0.29, 0.717) is 22.8 Å². The molecule has 0 unspecified atom stereocenters. The van der Waals surface area contributed by atoms with Crippen molar-refractivity contribution in [2.24, 2.45) is 0 Å². The van der Waals surface area contributed by atoms with Crippen LogP contribution in [0.15, 0.2) is 46.9 Å². The zero-order chi connectivity index (χ0) is 14.3. The largest absolute Gasteiger partial charge is 0.300 e. The number of ketones is 1. The fourth-order valence-electron chi connectivity index (χ4n) is 2.26. The summed E-state index contributed by atoms with van der Waals surface area (Å²) in [6.45, 7) is 0.333. The highest BCUT2D eigenvalue weighted by molar-refractivity contribution is 9.10. The van der Waals surface area contributed by atoms with Crippen molar-refractivity contribution in [3.63, 3.8) is 0 Å². The van der Waals surface area contributed by atoms with Crippen molar-refractivity contribution in [1.29, 1.82) is 0 Å². The number of Topliss-reactive ketones (excluding diaryl/α,β-unsaturated/α-hetero) is 1. The van der Waals surface area contributed by atoms with Crippen LogP contribution in [0.4, 0.5) is 5.69 Å². The predicted molar refractivity (Wildman–Crippen MR) is 81.1 cm³/mol. The zero-order valence-electron chi connectivity index (χ0n) is 10.3. The van der Waals surface area contributed by atoms with Crippen LogP contribution in [0.1, 0.15) is 15.9 Å². The van der Waals surface area contributed by atoms with Gasteiger partial charge in [-0.1, -0.05) is 51.8 Å². The van der Waals surface area contributed by atoms with Gasteiger partial charge in [-0.05, 0) is 23.8 Å². The maximum absolute atomic E-state index is 12.1. The topological polar surface area (TPSA) is 37.4 Å². The number of hydrogen-bond donors (Lipinski definition) is 0. The van der Waals surface area contributed by atoms with Crippen molar-refractivity contribution in [1.82, 2.24) is 0 Å². The summed E-state index contributed by atoms with van der Waals surface area (Å²) in [4.78, 5) is 25.6. The average molecular weight is 351 g/mol. The first-order valence-corrected chi connectivity index (χ1v) is 7.15. The van der Waals surface area contributed by atoms with Crippen molar-refractivity contribution < 1.29 is 9.59 Å². The number of nitrogens with zero attached hydrogens (tertiary/aromatic N) is 1. The molecule has 0 spiro atoms. The summed E-state index contributed by atoms with van der Waals surface area (Å²) in [6.07, 6.45) is 0. The van der Waals surface area contributed by atoms with Gasteiger partial charge in [-0.2, -0.15) is 0 Å². The summed E-state index contributed by atoms with van der Waals surface area (Å²) in [5.74, 6) is -1.08. The number of carbonyl (C=O) groups excluding carboxylic acids is 2. The molecule has 0 N–H and O–H groups in total. The molecule has 2 aromatic carbocycles. The Hall–Kier alpha value is -1.65. The van der Waals surface area contributed by atoms with Crippen molar-refractivity contribution >= 4 is 44.9 Å². The minimum absolute atomic E-state index is 0.297. The Bertz CT molecular complexity index is 730. The molecule has 2 aromatic rings. The number of benzene rings is 2. The molecule has 1 amide bonds. The van der Waals surface area contributed by atoms with E-state index in [-0.39, 0.29) is 0 Å². The maximum Gasteiger partial charge on any atom is 0.299 e. The number of amides is 1. The van der Waals surface area contributed by atoms with E-state index in [1.54, 1.807) is 18.2 Å². The molecular formula is C15H9BrClNO2. The standard InChI is InChI=1S/C15H9BrClNO2/c16-10-5-2-1-4-9(10)8-18-12-7-3-6-11(17)13(12)14(19)15(18)20/h1-7H,8H2. The number of halogens is 2. The van der Waals surface area contributed by atoms with Gasteiger partial charge in [0.15, 0.2) is 0 Å². The van der Waals surface area contributed by atoms with E-state index in [1.165, 1.54) is 4.90 Å². The van der Waals surface area contributed by atoms with Crippen molar-refractivity contribution in [3.05, 3.63) is 63.1 Å². The fraction of sp³-hybridized carbons (Fsp3) is 0.0667. The maximum atomic E-state index is 12.1. The molecule has 5 heteroatoms. The smallest absolute Gasteiger partial charge is 0.299 e. The van der Waals surface area contributed by atoms with E-state index in [9.17, 15) is 9.59 Å². The molecule has 0 saturated heterocycles. The number of rotatable bonds is 2. The van der Waals surface area contributed by atoms with Crippen molar-refractivity contribution in [2.75, 3.05) is 4.90 Å². The van der Waals surface area contributed by atoms with Gasteiger partial charge in [0.1, 0.15) is 0 Å². The molecule has 0 atom stereocenters. The van der Waals surface area contributed by atoms with Gasteiger partial charge < -0.3 is 4.90 Å². The van der Waals surface area contributed by atoms with Gasteiger partial charge in [-0.15, -0.1) is 0 Å². The van der Waals surface area contributed by atoms with Crippen LogP contribution in [0, 0.1) is 0 Å². The van der Waals surface area contributed by atoms with E-state index < -0.39 is 11.7 Å². The molecule has 20 heavy (non-hydrogen) atoms. The second kappa shape index (κ2) is 5.04. The Balaban J connectivity index is 2.04. The summed E-state index contributed by atoms with van der Waals surface area (Å²) < 4.78 is 0.899. The number of hydrogen-bond acceptors (Lipinski definition) is 2. The number of anilines is 1. The minimum atomic E-state index is -0.544. The lowest BCUT2D eigenvalue weighted by atomic mass is 10.1.